The molecule has 0 unspecified atom stereocenters. The Kier molecular flexibility index (Phi) is 3.89. The number of hydrogen-bond acceptors (Lipinski definition) is 2. The predicted octanol–water partition coefficient (Wildman–Crippen LogP) is 1.20. The Hall–Kier alpha value is -1.52. The second-order valence-corrected chi connectivity index (χ2v) is 4.98. The van der Waals surface area contributed by atoms with Gasteiger partial charge in [-0.15, -0.1) is 0 Å². The molecule has 2 heterocycles. The average Bonchev–Trinajstić information content (AvgIpc) is 2.62. The molecule has 0 aliphatic carbocycles. The lowest BCUT2D eigenvalue weighted by atomic mass is 10.1. The highest BCUT2D eigenvalue weighted by atomic mass is 16.2. The third-order valence-corrected chi connectivity index (χ3v) is 3.75. The molecule has 0 radical (unpaired) electrons. The number of carbonyl (C=O) groups excluding carboxylic acids is 1. The summed E-state index contributed by atoms with van der Waals surface area (Å²) in [4.78, 5) is 28.3. The Labute approximate surface area is 107 Å². The van der Waals surface area contributed by atoms with Crippen LogP contribution < -0.4 is 5.69 Å². The molecule has 18 heavy (non-hydrogen) atoms. The first kappa shape index (κ1) is 12.9. The lowest BCUT2D eigenvalue weighted by Crippen LogP contribution is -2.36. The van der Waals surface area contributed by atoms with E-state index in [1.54, 1.807) is 4.57 Å². The third kappa shape index (κ3) is 2.66. The molecule has 0 spiro atoms. The van der Waals surface area contributed by atoms with E-state index in [2.05, 4.69) is 4.98 Å². The number of piperidine rings is 1. The molecule has 0 atom stereocenters. The van der Waals surface area contributed by atoms with Crippen molar-refractivity contribution in [3.8, 4) is 0 Å². The van der Waals surface area contributed by atoms with E-state index in [1.165, 1.54) is 6.42 Å². The summed E-state index contributed by atoms with van der Waals surface area (Å²) in [5, 5.41) is 0. The van der Waals surface area contributed by atoms with Crippen LogP contribution in [0, 0.1) is 13.8 Å². The van der Waals surface area contributed by atoms with Crippen LogP contribution in [0.3, 0.4) is 0 Å². The molecule has 1 N–H and O–H groups in total. The van der Waals surface area contributed by atoms with Crippen LogP contribution in [0.15, 0.2) is 4.79 Å². The molecule has 100 valence electrons. The molecule has 5 nitrogen and oxygen atoms in total. The zero-order valence-corrected chi connectivity index (χ0v) is 11.2. The third-order valence-electron chi connectivity index (χ3n) is 3.75. The molecule has 1 fully saturated rings. The molecule has 2 rings (SSSR count). The summed E-state index contributed by atoms with van der Waals surface area (Å²) in [5.74, 6) is 0.167. The van der Waals surface area contributed by atoms with Gasteiger partial charge >= 0.3 is 5.69 Å². The molecule has 0 saturated carbocycles. The molecule has 0 bridgehead atoms. The topological polar surface area (TPSA) is 58.1 Å². The first-order valence-corrected chi connectivity index (χ1v) is 6.63. The van der Waals surface area contributed by atoms with Gasteiger partial charge in [0.05, 0.1) is 0 Å². The summed E-state index contributed by atoms with van der Waals surface area (Å²) in [6, 6.07) is 0. The number of aromatic amines is 1. The quantitative estimate of drug-likeness (QED) is 0.877. The summed E-state index contributed by atoms with van der Waals surface area (Å²) >= 11 is 0. The van der Waals surface area contributed by atoms with E-state index in [-0.39, 0.29) is 11.6 Å². The Morgan fingerprint density at radius 3 is 2.44 bits per heavy atom. The molecule has 0 aromatic carbocycles. The van der Waals surface area contributed by atoms with Gasteiger partial charge in [-0.05, 0) is 33.1 Å². The molecule has 1 aliphatic heterocycles. The largest absolute Gasteiger partial charge is 0.343 e. The van der Waals surface area contributed by atoms with Crippen molar-refractivity contribution < 1.29 is 4.79 Å². The number of rotatable bonds is 3. The molecule has 1 saturated heterocycles. The van der Waals surface area contributed by atoms with Crippen molar-refractivity contribution in [2.45, 2.75) is 46.1 Å². The van der Waals surface area contributed by atoms with Crippen LogP contribution >= 0.6 is 0 Å². The van der Waals surface area contributed by atoms with Gasteiger partial charge in [-0.25, -0.2) is 4.79 Å². The Morgan fingerprint density at radius 1 is 1.22 bits per heavy atom. The number of carbonyl (C=O) groups is 1. The van der Waals surface area contributed by atoms with Gasteiger partial charge in [0.2, 0.25) is 5.91 Å². The van der Waals surface area contributed by atoms with Crippen LogP contribution in [0.5, 0.6) is 0 Å². The number of aromatic nitrogens is 2. The van der Waals surface area contributed by atoms with Crippen molar-refractivity contribution >= 4 is 5.91 Å². The van der Waals surface area contributed by atoms with E-state index in [0.717, 1.165) is 37.3 Å². The average molecular weight is 251 g/mol. The smallest absolute Gasteiger partial charge is 0.325 e. The van der Waals surface area contributed by atoms with E-state index in [9.17, 15) is 9.59 Å². The number of aryl methyl sites for hydroxylation is 1. The second kappa shape index (κ2) is 5.42. The van der Waals surface area contributed by atoms with Gasteiger partial charge in [-0.1, -0.05) is 0 Å². The fourth-order valence-electron chi connectivity index (χ4n) is 2.45. The highest BCUT2D eigenvalue weighted by Gasteiger charge is 2.17. The molecular formula is C13H21N3O2. The predicted molar refractivity (Wildman–Crippen MR) is 69.6 cm³/mol. The molecular weight excluding hydrogens is 230 g/mol. The van der Waals surface area contributed by atoms with Crippen molar-refractivity contribution in [3.63, 3.8) is 0 Å². The highest BCUT2D eigenvalue weighted by molar-refractivity contribution is 5.76. The molecule has 1 amide bonds. The fourth-order valence-corrected chi connectivity index (χ4v) is 2.45. The number of likely N-dealkylation sites (tertiary alicyclic amines) is 1. The van der Waals surface area contributed by atoms with E-state index in [0.29, 0.717) is 13.0 Å². The zero-order valence-electron chi connectivity index (χ0n) is 11.2. The van der Waals surface area contributed by atoms with Gasteiger partial charge in [0.1, 0.15) is 0 Å². The summed E-state index contributed by atoms with van der Waals surface area (Å²) < 4.78 is 1.65. The van der Waals surface area contributed by atoms with Crippen LogP contribution in [0.2, 0.25) is 0 Å². The van der Waals surface area contributed by atoms with Gasteiger partial charge < -0.3 is 9.88 Å². The number of H-pyrrole nitrogens is 1. The minimum Gasteiger partial charge on any atom is -0.343 e. The molecule has 1 aromatic heterocycles. The second-order valence-electron chi connectivity index (χ2n) is 4.98. The number of nitrogens with one attached hydrogen (secondary N) is 1. The highest BCUT2D eigenvalue weighted by Crippen LogP contribution is 2.10. The number of amides is 1. The lowest BCUT2D eigenvalue weighted by molar-refractivity contribution is -0.132. The Morgan fingerprint density at radius 2 is 1.89 bits per heavy atom. The molecule has 1 aliphatic rings. The van der Waals surface area contributed by atoms with Crippen molar-refractivity contribution in [1.29, 1.82) is 0 Å². The summed E-state index contributed by atoms with van der Waals surface area (Å²) in [5.41, 5.74) is 1.69. The van der Waals surface area contributed by atoms with Gasteiger partial charge in [0.25, 0.3) is 0 Å². The van der Waals surface area contributed by atoms with Crippen molar-refractivity contribution in [3.05, 3.63) is 21.9 Å². The normalized spacial score (nSPS) is 16.0. The zero-order chi connectivity index (χ0) is 13.1. The van der Waals surface area contributed by atoms with Gasteiger partial charge in [-0.3, -0.25) is 9.36 Å². The van der Waals surface area contributed by atoms with E-state index in [1.807, 2.05) is 18.7 Å². The van der Waals surface area contributed by atoms with Crippen LogP contribution in [0.4, 0.5) is 0 Å². The fraction of sp³-hybridized carbons (Fsp3) is 0.692. The number of nitrogens with zero attached hydrogens (tertiary/aromatic N) is 2. The SMILES string of the molecule is Cc1[nH]c(=O)n(CCC(=O)N2CCCCC2)c1C. The lowest BCUT2D eigenvalue weighted by Gasteiger charge is -2.26. The maximum atomic E-state index is 12.0. The van der Waals surface area contributed by atoms with Gasteiger partial charge in [-0.2, -0.15) is 0 Å². The molecule has 5 heteroatoms. The van der Waals surface area contributed by atoms with E-state index < -0.39 is 0 Å². The van der Waals surface area contributed by atoms with E-state index in [4.69, 9.17) is 0 Å². The minimum absolute atomic E-state index is 0.114. The number of hydrogen-bond donors (Lipinski definition) is 1. The first-order valence-electron chi connectivity index (χ1n) is 6.63. The van der Waals surface area contributed by atoms with Crippen LogP contribution in [-0.2, 0) is 11.3 Å². The minimum atomic E-state index is -0.114. The molecule has 1 aromatic rings. The van der Waals surface area contributed by atoms with Crippen LogP contribution in [-0.4, -0.2) is 33.4 Å². The maximum Gasteiger partial charge on any atom is 0.325 e. The van der Waals surface area contributed by atoms with Gasteiger partial charge in [0.15, 0.2) is 0 Å². The number of imidazole rings is 1. The van der Waals surface area contributed by atoms with Crippen molar-refractivity contribution in [2.24, 2.45) is 0 Å². The first-order chi connectivity index (χ1) is 8.59. The summed E-state index contributed by atoms with van der Waals surface area (Å²) in [6.07, 6.45) is 3.85. The van der Waals surface area contributed by atoms with Crippen LogP contribution in [0.25, 0.3) is 0 Å². The Balaban J connectivity index is 1.94. The van der Waals surface area contributed by atoms with Crippen LogP contribution in [0.1, 0.15) is 37.1 Å². The summed E-state index contributed by atoms with van der Waals surface area (Å²) in [7, 11) is 0. The standard InChI is InChI=1S/C13H21N3O2/c1-10-11(2)16(13(18)14-10)9-6-12(17)15-7-4-3-5-8-15/h3-9H2,1-2H3,(H,14,18). The summed E-state index contributed by atoms with van der Waals surface area (Å²) in [6.45, 7) is 6.00. The van der Waals surface area contributed by atoms with E-state index >= 15 is 0 Å². The van der Waals surface area contributed by atoms with Crippen molar-refractivity contribution in [2.75, 3.05) is 13.1 Å². The monoisotopic (exact) mass is 251 g/mol. The van der Waals surface area contributed by atoms with Crippen molar-refractivity contribution in [1.82, 2.24) is 14.5 Å². The van der Waals surface area contributed by atoms with Gasteiger partial charge in [0, 0.05) is 37.4 Å². The maximum absolute atomic E-state index is 12.0. The Bertz CT molecular complexity index is 481.